The van der Waals surface area contributed by atoms with Crippen molar-refractivity contribution in [2.45, 2.75) is 26.2 Å². The van der Waals surface area contributed by atoms with E-state index >= 15 is 0 Å². The molecular formula is C22H23B2F2N3O3. The standard InChI is InChI=1S/C22H23B2F2N3O3/c1-5-31-14(4)18-9-19(12(2)10-27-18)29-13(3)6-16(8-20(29)30)32-22(23,24)21-17(26)7-15(25)11-28-21/h6-11H,4-5,23-24H2,1-3H3. The molecule has 32 heavy (non-hydrogen) atoms. The first kappa shape index (κ1) is 23.2. The van der Waals surface area contributed by atoms with Crippen LogP contribution in [0.4, 0.5) is 8.78 Å². The highest BCUT2D eigenvalue weighted by Gasteiger charge is 2.29. The number of aryl methyl sites for hydroxylation is 2. The van der Waals surface area contributed by atoms with E-state index in [-0.39, 0.29) is 17.0 Å². The summed E-state index contributed by atoms with van der Waals surface area (Å²) in [6.45, 7) is 9.77. The van der Waals surface area contributed by atoms with Gasteiger partial charge < -0.3 is 9.47 Å². The first-order valence-electron chi connectivity index (χ1n) is 10.1. The normalized spacial score (nSPS) is 11.3. The molecule has 0 bridgehead atoms. The van der Waals surface area contributed by atoms with E-state index in [0.717, 1.165) is 17.8 Å². The van der Waals surface area contributed by atoms with Crippen molar-refractivity contribution >= 4 is 21.5 Å². The summed E-state index contributed by atoms with van der Waals surface area (Å²) >= 11 is 0. The van der Waals surface area contributed by atoms with Gasteiger partial charge in [0.1, 0.15) is 34.5 Å². The zero-order valence-electron chi connectivity index (χ0n) is 18.7. The molecule has 0 radical (unpaired) electrons. The number of aromatic nitrogens is 3. The molecule has 0 saturated heterocycles. The summed E-state index contributed by atoms with van der Waals surface area (Å²) in [5.74, 6) is -0.950. The fraction of sp³-hybridized carbons (Fsp3) is 0.227. The fourth-order valence-electron chi connectivity index (χ4n) is 3.40. The Labute approximate surface area is 186 Å². The van der Waals surface area contributed by atoms with Crippen LogP contribution in [0.2, 0.25) is 0 Å². The molecule has 0 unspecified atom stereocenters. The van der Waals surface area contributed by atoms with Crippen LogP contribution in [0.15, 0.2) is 48.0 Å². The second-order valence-electron chi connectivity index (χ2n) is 7.81. The highest BCUT2D eigenvalue weighted by Crippen LogP contribution is 2.25. The smallest absolute Gasteiger partial charge is 0.259 e. The van der Waals surface area contributed by atoms with Gasteiger partial charge in [-0.2, -0.15) is 0 Å². The van der Waals surface area contributed by atoms with E-state index in [9.17, 15) is 13.6 Å². The van der Waals surface area contributed by atoms with Crippen LogP contribution in [-0.4, -0.2) is 36.8 Å². The predicted molar refractivity (Wildman–Crippen MR) is 124 cm³/mol. The first-order valence-corrected chi connectivity index (χ1v) is 10.1. The topological polar surface area (TPSA) is 66.2 Å². The van der Waals surface area contributed by atoms with Crippen molar-refractivity contribution in [3.8, 4) is 11.4 Å². The maximum atomic E-state index is 14.2. The number of halogens is 2. The lowest BCUT2D eigenvalue weighted by atomic mass is 9.62. The van der Waals surface area contributed by atoms with Gasteiger partial charge in [-0.15, -0.1) is 0 Å². The number of pyridine rings is 3. The summed E-state index contributed by atoms with van der Waals surface area (Å²) < 4.78 is 40.3. The van der Waals surface area contributed by atoms with E-state index < -0.39 is 17.0 Å². The summed E-state index contributed by atoms with van der Waals surface area (Å²) in [7, 11) is 3.19. The van der Waals surface area contributed by atoms with Gasteiger partial charge in [-0.1, -0.05) is 6.58 Å². The van der Waals surface area contributed by atoms with Crippen LogP contribution in [-0.2, 0) is 10.1 Å². The van der Waals surface area contributed by atoms with E-state index in [1.54, 1.807) is 40.9 Å². The van der Waals surface area contributed by atoms with Crippen LogP contribution < -0.4 is 10.3 Å². The molecule has 0 aliphatic heterocycles. The monoisotopic (exact) mass is 437 g/mol. The molecule has 0 aromatic carbocycles. The Kier molecular flexibility index (Phi) is 6.52. The molecule has 3 aromatic rings. The van der Waals surface area contributed by atoms with Crippen LogP contribution in [0.25, 0.3) is 11.4 Å². The van der Waals surface area contributed by atoms with Crippen LogP contribution in [0, 0.1) is 25.5 Å². The third-order valence-electron chi connectivity index (χ3n) is 4.86. The molecule has 0 fully saturated rings. The van der Waals surface area contributed by atoms with Gasteiger partial charge in [-0.25, -0.2) is 8.78 Å². The Morgan fingerprint density at radius 2 is 1.88 bits per heavy atom. The first-order chi connectivity index (χ1) is 15.0. The number of rotatable bonds is 7. The Morgan fingerprint density at radius 3 is 2.50 bits per heavy atom. The Balaban J connectivity index is 2.00. The molecule has 0 saturated carbocycles. The lowest BCUT2D eigenvalue weighted by Gasteiger charge is -2.27. The van der Waals surface area contributed by atoms with Crippen LogP contribution >= 0.6 is 0 Å². The average molecular weight is 437 g/mol. The predicted octanol–water partition coefficient (Wildman–Crippen LogP) is 1.99. The largest absolute Gasteiger partial charge is 0.499 e. The van der Waals surface area contributed by atoms with E-state index in [4.69, 9.17) is 9.47 Å². The Morgan fingerprint density at radius 1 is 1.16 bits per heavy atom. The molecule has 3 aromatic heterocycles. The summed E-state index contributed by atoms with van der Waals surface area (Å²) in [5, 5.41) is -1.24. The van der Waals surface area contributed by atoms with Crippen molar-refractivity contribution in [1.82, 2.24) is 14.5 Å². The van der Waals surface area contributed by atoms with Crippen molar-refractivity contribution in [3.05, 3.63) is 87.9 Å². The maximum Gasteiger partial charge on any atom is 0.259 e. The van der Waals surface area contributed by atoms with Gasteiger partial charge in [0.2, 0.25) is 0 Å². The third-order valence-corrected chi connectivity index (χ3v) is 4.86. The van der Waals surface area contributed by atoms with Crippen LogP contribution in [0.3, 0.4) is 0 Å². The third kappa shape index (κ3) is 4.74. The molecule has 0 amide bonds. The molecule has 0 N–H and O–H groups in total. The van der Waals surface area contributed by atoms with Gasteiger partial charge in [-0.3, -0.25) is 19.3 Å². The second kappa shape index (κ2) is 8.98. The lowest BCUT2D eigenvalue weighted by Crippen LogP contribution is -2.37. The molecule has 3 rings (SSSR count). The van der Waals surface area contributed by atoms with Crippen molar-refractivity contribution in [1.29, 1.82) is 0 Å². The Bertz CT molecular complexity index is 1250. The zero-order chi connectivity index (χ0) is 23.6. The lowest BCUT2D eigenvalue weighted by molar-refractivity contribution is 0.231. The number of hydrogen-bond donors (Lipinski definition) is 0. The van der Waals surface area contributed by atoms with Crippen LogP contribution in [0.5, 0.6) is 5.75 Å². The Hall–Kier alpha value is -3.42. The quantitative estimate of drug-likeness (QED) is 0.418. The van der Waals surface area contributed by atoms with E-state index in [1.807, 2.05) is 13.8 Å². The zero-order valence-corrected chi connectivity index (χ0v) is 18.7. The molecular weight excluding hydrogens is 414 g/mol. The number of hydrogen-bond acceptors (Lipinski definition) is 5. The van der Waals surface area contributed by atoms with Gasteiger partial charge in [-0.05, 0) is 38.5 Å². The molecule has 164 valence electrons. The van der Waals surface area contributed by atoms with Crippen LogP contribution in [0.1, 0.15) is 29.6 Å². The van der Waals surface area contributed by atoms with Gasteiger partial charge in [0.05, 0.1) is 23.9 Å². The van der Waals surface area contributed by atoms with Gasteiger partial charge >= 0.3 is 0 Å². The number of nitrogens with zero attached hydrogens (tertiary/aromatic N) is 3. The van der Waals surface area contributed by atoms with Gasteiger partial charge in [0.25, 0.3) is 5.56 Å². The average Bonchev–Trinajstić information content (AvgIpc) is 2.68. The molecule has 3 heterocycles. The highest BCUT2D eigenvalue weighted by molar-refractivity contribution is 6.38. The van der Waals surface area contributed by atoms with Crippen molar-refractivity contribution < 1.29 is 18.3 Å². The minimum atomic E-state index is -1.24. The molecule has 10 heteroatoms. The molecule has 0 atom stereocenters. The summed E-state index contributed by atoms with van der Waals surface area (Å²) in [4.78, 5) is 21.2. The highest BCUT2D eigenvalue weighted by atomic mass is 19.1. The van der Waals surface area contributed by atoms with E-state index in [1.165, 1.54) is 10.6 Å². The summed E-state index contributed by atoms with van der Waals surface area (Å²) in [6, 6.07) is 5.47. The SMILES string of the molecule is BC(B)(Oc1cc(C)n(-c2cc(C(=C)OCC)ncc2C)c(=O)c1)c1ncc(F)cc1F. The minimum Gasteiger partial charge on any atom is -0.499 e. The fourth-order valence-corrected chi connectivity index (χ4v) is 3.40. The molecule has 0 spiro atoms. The minimum absolute atomic E-state index is 0.0650. The van der Waals surface area contributed by atoms with Crippen molar-refractivity contribution in [2.75, 3.05) is 6.61 Å². The number of ether oxygens (including phenoxy) is 2. The molecule has 0 aliphatic rings. The second-order valence-corrected chi connectivity index (χ2v) is 7.81. The summed E-state index contributed by atoms with van der Waals surface area (Å²) in [6.07, 6.45) is 2.57. The summed E-state index contributed by atoms with van der Waals surface area (Å²) in [5.41, 5.74) is 2.14. The van der Waals surface area contributed by atoms with E-state index in [2.05, 4.69) is 16.5 Å². The van der Waals surface area contributed by atoms with Crippen molar-refractivity contribution in [2.24, 2.45) is 0 Å². The maximum absolute atomic E-state index is 14.2. The molecule has 0 aliphatic carbocycles. The van der Waals surface area contributed by atoms with Gasteiger partial charge in [0.15, 0.2) is 15.7 Å². The van der Waals surface area contributed by atoms with Gasteiger partial charge in [0, 0.05) is 24.0 Å². The van der Waals surface area contributed by atoms with Crippen molar-refractivity contribution in [3.63, 3.8) is 0 Å². The van der Waals surface area contributed by atoms with E-state index in [0.29, 0.717) is 29.4 Å². The molecule has 6 nitrogen and oxygen atoms in total.